The molecule has 0 radical (unpaired) electrons. The number of hydrogen-bond acceptors (Lipinski definition) is 3. The van der Waals surface area contributed by atoms with Crippen LogP contribution in [0.5, 0.6) is 0 Å². The van der Waals surface area contributed by atoms with Crippen molar-refractivity contribution in [1.29, 1.82) is 0 Å². The van der Waals surface area contributed by atoms with Gasteiger partial charge in [0.15, 0.2) is 6.10 Å². The first-order valence-corrected chi connectivity index (χ1v) is 5.27. The summed E-state index contributed by atoms with van der Waals surface area (Å²) in [6.45, 7) is 2.47. The van der Waals surface area contributed by atoms with Gasteiger partial charge in [-0.2, -0.15) is 13.2 Å². The zero-order valence-electron chi connectivity index (χ0n) is 9.55. The molecule has 0 saturated heterocycles. The van der Waals surface area contributed by atoms with Gasteiger partial charge in [-0.05, 0) is 19.9 Å². The molecule has 0 amide bonds. The molecule has 18 heavy (non-hydrogen) atoms. The summed E-state index contributed by atoms with van der Waals surface area (Å²) in [5.41, 5.74) is 5.41. The van der Waals surface area contributed by atoms with E-state index in [1.54, 1.807) is 0 Å². The molecule has 1 unspecified atom stereocenters. The van der Waals surface area contributed by atoms with E-state index in [1.165, 1.54) is 13.8 Å². The van der Waals surface area contributed by atoms with Gasteiger partial charge in [0.1, 0.15) is 0 Å². The number of alkyl halides is 5. The van der Waals surface area contributed by atoms with Crippen LogP contribution >= 0.6 is 35.6 Å². The van der Waals surface area contributed by atoms with Crippen molar-refractivity contribution in [3.05, 3.63) is 11.6 Å². The molecule has 0 fully saturated rings. The predicted molar refractivity (Wildman–Crippen MR) is 66.1 cm³/mol. The summed E-state index contributed by atoms with van der Waals surface area (Å²) in [6, 6.07) is 0. The first kappa shape index (κ1) is 20.2. The topological polar surface area (TPSA) is 52.3 Å². The van der Waals surface area contributed by atoms with Gasteiger partial charge in [-0.15, -0.1) is 12.4 Å². The second kappa shape index (κ2) is 7.43. The molecule has 0 aromatic carbocycles. The smallest absolute Gasteiger partial charge is 0.425 e. The van der Waals surface area contributed by atoms with E-state index in [2.05, 4.69) is 4.74 Å². The maximum absolute atomic E-state index is 12.6. The summed E-state index contributed by atoms with van der Waals surface area (Å²) in [6.07, 6.45) is -5.77. The number of carbonyl (C=O) groups is 1. The molecule has 0 heterocycles. The van der Waals surface area contributed by atoms with Crippen molar-refractivity contribution in [1.82, 2.24) is 0 Å². The maximum Gasteiger partial charge on any atom is 0.425 e. The summed E-state index contributed by atoms with van der Waals surface area (Å²) >= 11 is 10.4. The van der Waals surface area contributed by atoms with E-state index in [-0.39, 0.29) is 12.4 Å². The van der Waals surface area contributed by atoms with Crippen LogP contribution in [-0.4, -0.2) is 29.1 Å². The van der Waals surface area contributed by atoms with Crippen molar-refractivity contribution in [3.8, 4) is 0 Å². The van der Waals surface area contributed by atoms with E-state index >= 15 is 0 Å². The fraction of sp³-hybridized carbons (Fsp3) is 0.667. The lowest BCUT2D eigenvalue weighted by Gasteiger charge is -2.29. The number of esters is 1. The van der Waals surface area contributed by atoms with Crippen LogP contribution < -0.4 is 5.73 Å². The van der Waals surface area contributed by atoms with Crippen molar-refractivity contribution in [2.75, 3.05) is 6.54 Å². The quantitative estimate of drug-likeness (QED) is 0.489. The van der Waals surface area contributed by atoms with Crippen LogP contribution in [0.4, 0.5) is 13.2 Å². The van der Waals surface area contributed by atoms with E-state index < -0.39 is 29.1 Å². The Morgan fingerprint density at radius 1 is 1.39 bits per heavy atom. The SMILES string of the molecule is CC(C)=CC(OC(=O)[14CH2]N)C(Cl)(Cl)C(F)(F)F.Cl. The van der Waals surface area contributed by atoms with Gasteiger partial charge >= 0.3 is 12.1 Å². The maximum atomic E-state index is 12.6. The molecule has 0 spiro atoms. The Morgan fingerprint density at radius 3 is 2.11 bits per heavy atom. The summed E-state index contributed by atoms with van der Waals surface area (Å²) < 4.78 is 39.0. The highest BCUT2D eigenvalue weighted by Gasteiger charge is 2.58. The average Bonchev–Trinajstić information content (AvgIpc) is 2.13. The molecule has 0 aliphatic rings. The Hall–Kier alpha value is -0.170. The van der Waals surface area contributed by atoms with Crippen molar-refractivity contribution >= 4 is 41.6 Å². The highest BCUT2D eigenvalue weighted by atomic mass is 35.5. The van der Waals surface area contributed by atoms with Gasteiger partial charge in [-0.25, -0.2) is 0 Å². The van der Waals surface area contributed by atoms with Crippen molar-refractivity contribution in [2.24, 2.45) is 5.73 Å². The molecule has 0 bridgehead atoms. The third kappa shape index (κ3) is 5.65. The minimum absolute atomic E-state index is 0. The first-order valence-electron chi connectivity index (χ1n) is 4.51. The third-order valence-electron chi connectivity index (χ3n) is 1.65. The molecule has 0 aliphatic carbocycles. The minimum Gasteiger partial charge on any atom is -0.454 e. The van der Waals surface area contributed by atoms with Crippen LogP contribution in [0.1, 0.15) is 13.8 Å². The third-order valence-corrected chi connectivity index (χ3v) is 2.50. The van der Waals surface area contributed by atoms with Crippen molar-refractivity contribution in [2.45, 2.75) is 30.5 Å². The molecule has 0 rings (SSSR count). The fourth-order valence-electron chi connectivity index (χ4n) is 0.866. The fourth-order valence-corrected chi connectivity index (χ4v) is 1.08. The molecule has 9 heteroatoms. The highest BCUT2D eigenvalue weighted by molar-refractivity contribution is 6.49. The number of carbonyl (C=O) groups excluding carboxylic acids is 1. The summed E-state index contributed by atoms with van der Waals surface area (Å²) in [5, 5.41) is 0. The summed E-state index contributed by atoms with van der Waals surface area (Å²) in [4.78, 5) is 10.9. The van der Waals surface area contributed by atoms with Gasteiger partial charge in [0.2, 0.25) is 0 Å². The summed E-state index contributed by atoms with van der Waals surface area (Å²) in [7, 11) is 0. The van der Waals surface area contributed by atoms with Gasteiger partial charge in [0.25, 0.3) is 4.33 Å². The Bertz CT molecular complexity index is 315. The zero-order chi connectivity index (χ0) is 13.9. The van der Waals surface area contributed by atoms with Crippen LogP contribution in [0.25, 0.3) is 0 Å². The van der Waals surface area contributed by atoms with Crippen molar-refractivity contribution < 1.29 is 22.7 Å². The lowest BCUT2D eigenvalue weighted by molar-refractivity contribution is -0.171. The van der Waals surface area contributed by atoms with Crippen LogP contribution in [-0.2, 0) is 9.53 Å². The van der Waals surface area contributed by atoms with Crippen LogP contribution in [0.2, 0.25) is 0 Å². The van der Waals surface area contributed by atoms with E-state index in [9.17, 15) is 18.0 Å². The van der Waals surface area contributed by atoms with Gasteiger partial charge in [0.05, 0.1) is 6.54 Å². The normalized spacial score (nSPS) is 13.3. The van der Waals surface area contributed by atoms with Crippen LogP contribution in [0.15, 0.2) is 11.6 Å². The highest BCUT2D eigenvalue weighted by Crippen LogP contribution is 2.44. The number of allylic oxidation sites excluding steroid dienone is 1. The Morgan fingerprint density at radius 2 is 1.83 bits per heavy atom. The number of halogens is 6. The molecular weight excluding hydrogens is 319 g/mol. The number of rotatable bonds is 4. The van der Waals surface area contributed by atoms with Gasteiger partial charge in [-0.3, -0.25) is 4.79 Å². The molecule has 0 aromatic rings. The van der Waals surface area contributed by atoms with Gasteiger partial charge in [-0.1, -0.05) is 28.8 Å². The number of hydrogen-bond donors (Lipinski definition) is 1. The second-order valence-electron chi connectivity index (χ2n) is 3.48. The summed E-state index contributed by atoms with van der Waals surface area (Å²) in [5.74, 6) is -1.03. The number of ether oxygens (including phenoxy) is 1. The average molecular weight is 333 g/mol. The lowest BCUT2D eigenvalue weighted by Crippen LogP contribution is -2.47. The van der Waals surface area contributed by atoms with E-state index in [4.69, 9.17) is 28.9 Å². The van der Waals surface area contributed by atoms with E-state index in [1.807, 2.05) is 0 Å². The first-order chi connectivity index (χ1) is 7.52. The Kier molecular flexibility index (Phi) is 8.32. The van der Waals surface area contributed by atoms with E-state index in [0.29, 0.717) is 5.57 Å². The second-order valence-corrected chi connectivity index (χ2v) is 4.87. The molecular formula is C9H13Cl3F3NO2. The van der Waals surface area contributed by atoms with Gasteiger partial charge < -0.3 is 10.5 Å². The number of nitrogens with two attached hydrogens (primary N) is 1. The predicted octanol–water partition coefficient (Wildman–Crippen LogP) is 2.98. The van der Waals surface area contributed by atoms with Gasteiger partial charge in [0, 0.05) is 0 Å². The molecule has 108 valence electrons. The molecule has 0 aliphatic heterocycles. The Labute approximate surface area is 119 Å². The van der Waals surface area contributed by atoms with Crippen LogP contribution in [0, 0.1) is 0 Å². The Balaban J connectivity index is 0. The van der Waals surface area contributed by atoms with Crippen LogP contribution in [0.3, 0.4) is 0 Å². The molecule has 0 aromatic heterocycles. The standard InChI is InChI=1S/C9H12Cl2F3NO2.ClH/c1-5(2)3-6(17-7(16)4-15)8(10,11)9(12,13)14;/h3,6H,4,15H2,1-2H3;1H/i4+2;. The molecule has 0 saturated carbocycles. The minimum atomic E-state index is -4.94. The van der Waals surface area contributed by atoms with E-state index in [0.717, 1.165) is 6.08 Å². The lowest BCUT2D eigenvalue weighted by atomic mass is 10.1. The zero-order valence-corrected chi connectivity index (χ0v) is 11.9. The largest absolute Gasteiger partial charge is 0.454 e. The monoisotopic (exact) mass is 331 g/mol. The van der Waals surface area contributed by atoms with Crippen molar-refractivity contribution in [3.63, 3.8) is 0 Å². The molecule has 2 N–H and O–H groups in total. The molecule has 1 atom stereocenters. The molecule has 3 nitrogen and oxygen atoms in total.